The highest BCUT2D eigenvalue weighted by molar-refractivity contribution is 5.99. The third kappa shape index (κ3) is 4.45. The molecule has 1 heterocycles. The fourth-order valence-electron chi connectivity index (χ4n) is 2.52. The van der Waals surface area contributed by atoms with Gasteiger partial charge in [-0.3, -0.25) is 9.59 Å². The van der Waals surface area contributed by atoms with E-state index in [1.807, 2.05) is 6.92 Å². The van der Waals surface area contributed by atoms with Crippen molar-refractivity contribution >= 4 is 29.2 Å². The smallest absolute Gasteiger partial charge is 0.335 e. The van der Waals surface area contributed by atoms with Crippen LogP contribution in [0.25, 0.3) is 0 Å². The fraction of sp³-hybridized carbons (Fsp3) is 0.438. The standard InChI is InChI=1S/C16H21N3O4/c1-2-17-12-7-6-11(16(22)23)9-13(12)18-14(20)10-19-8-4-3-5-15(19)21/h6-7,9,17H,2-5,8,10H2,1H3,(H,18,20)(H,22,23). The molecule has 1 aromatic rings. The Morgan fingerprint density at radius 1 is 1.26 bits per heavy atom. The van der Waals surface area contributed by atoms with Gasteiger partial charge < -0.3 is 20.6 Å². The summed E-state index contributed by atoms with van der Waals surface area (Å²) in [6.07, 6.45) is 2.24. The number of carboxylic acid groups (broad SMARTS) is 1. The lowest BCUT2D eigenvalue weighted by molar-refractivity contribution is -0.136. The monoisotopic (exact) mass is 319 g/mol. The lowest BCUT2D eigenvalue weighted by atomic mass is 10.1. The molecule has 0 aromatic heterocycles. The van der Waals surface area contributed by atoms with Gasteiger partial charge in [0.15, 0.2) is 0 Å². The van der Waals surface area contributed by atoms with Crippen LogP contribution in [0.5, 0.6) is 0 Å². The number of nitrogens with one attached hydrogen (secondary N) is 2. The van der Waals surface area contributed by atoms with Crippen LogP contribution < -0.4 is 10.6 Å². The Balaban J connectivity index is 2.10. The first-order valence-corrected chi connectivity index (χ1v) is 7.70. The van der Waals surface area contributed by atoms with Crippen molar-refractivity contribution in [2.24, 2.45) is 0 Å². The predicted molar refractivity (Wildman–Crippen MR) is 86.6 cm³/mol. The number of carbonyl (C=O) groups excluding carboxylic acids is 2. The minimum atomic E-state index is -1.06. The first-order chi connectivity index (χ1) is 11.0. The number of hydrogen-bond acceptors (Lipinski definition) is 4. The maximum atomic E-state index is 12.2. The summed E-state index contributed by atoms with van der Waals surface area (Å²) in [6, 6.07) is 4.51. The number of benzene rings is 1. The molecule has 124 valence electrons. The highest BCUT2D eigenvalue weighted by atomic mass is 16.4. The van der Waals surface area contributed by atoms with E-state index >= 15 is 0 Å². The summed E-state index contributed by atoms with van der Waals surface area (Å²) in [7, 11) is 0. The lowest BCUT2D eigenvalue weighted by Gasteiger charge is -2.26. The molecule has 0 saturated carbocycles. The number of nitrogens with zero attached hydrogens (tertiary/aromatic N) is 1. The van der Waals surface area contributed by atoms with Gasteiger partial charge in [-0.25, -0.2) is 4.79 Å². The van der Waals surface area contributed by atoms with Crippen LogP contribution in [-0.4, -0.2) is 47.4 Å². The van der Waals surface area contributed by atoms with Gasteiger partial charge in [0.25, 0.3) is 0 Å². The Morgan fingerprint density at radius 2 is 2.04 bits per heavy atom. The normalized spacial score (nSPS) is 14.5. The molecule has 1 fully saturated rings. The predicted octanol–water partition coefficient (Wildman–Crippen LogP) is 1.77. The molecule has 7 nitrogen and oxygen atoms in total. The van der Waals surface area contributed by atoms with Crippen molar-refractivity contribution < 1.29 is 19.5 Å². The van der Waals surface area contributed by atoms with E-state index in [4.69, 9.17) is 5.11 Å². The third-order valence-corrected chi connectivity index (χ3v) is 3.66. The van der Waals surface area contributed by atoms with Crippen LogP contribution in [0.1, 0.15) is 36.5 Å². The van der Waals surface area contributed by atoms with Crippen molar-refractivity contribution in [3.8, 4) is 0 Å². The van der Waals surface area contributed by atoms with E-state index in [1.165, 1.54) is 17.0 Å². The molecular formula is C16H21N3O4. The minimum Gasteiger partial charge on any atom is -0.478 e. The van der Waals surface area contributed by atoms with Crippen molar-refractivity contribution in [1.82, 2.24) is 4.90 Å². The second-order valence-electron chi connectivity index (χ2n) is 5.42. The molecule has 0 unspecified atom stereocenters. The first-order valence-electron chi connectivity index (χ1n) is 7.70. The van der Waals surface area contributed by atoms with Gasteiger partial charge in [0, 0.05) is 19.5 Å². The summed E-state index contributed by atoms with van der Waals surface area (Å²) in [5, 5.41) is 14.8. The molecule has 2 amide bonds. The molecule has 7 heteroatoms. The molecule has 1 aromatic carbocycles. The molecule has 1 aliphatic heterocycles. The Hall–Kier alpha value is -2.57. The summed E-state index contributed by atoms with van der Waals surface area (Å²) in [4.78, 5) is 36.6. The van der Waals surface area contributed by atoms with Crippen LogP contribution in [0.3, 0.4) is 0 Å². The van der Waals surface area contributed by atoms with E-state index in [-0.39, 0.29) is 23.9 Å². The van der Waals surface area contributed by atoms with Gasteiger partial charge in [-0.1, -0.05) is 0 Å². The number of hydrogen-bond donors (Lipinski definition) is 3. The van der Waals surface area contributed by atoms with Crippen LogP contribution in [0.2, 0.25) is 0 Å². The van der Waals surface area contributed by atoms with E-state index < -0.39 is 5.97 Å². The average Bonchev–Trinajstić information content (AvgIpc) is 2.51. The molecule has 0 bridgehead atoms. The summed E-state index contributed by atoms with van der Waals surface area (Å²) in [6.45, 7) is 3.12. The van der Waals surface area contributed by atoms with Crippen LogP contribution in [-0.2, 0) is 9.59 Å². The number of rotatable bonds is 6. The van der Waals surface area contributed by atoms with E-state index in [0.717, 1.165) is 12.8 Å². The van der Waals surface area contributed by atoms with E-state index in [2.05, 4.69) is 10.6 Å². The van der Waals surface area contributed by atoms with Crippen molar-refractivity contribution in [2.45, 2.75) is 26.2 Å². The zero-order chi connectivity index (χ0) is 16.8. The summed E-state index contributed by atoms with van der Waals surface area (Å²) in [5.41, 5.74) is 1.15. The SMILES string of the molecule is CCNc1ccc(C(=O)O)cc1NC(=O)CN1CCCCC1=O. The quantitative estimate of drug-likeness (QED) is 0.742. The maximum absolute atomic E-state index is 12.2. The Labute approximate surface area is 134 Å². The maximum Gasteiger partial charge on any atom is 0.335 e. The average molecular weight is 319 g/mol. The summed E-state index contributed by atoms with van der Waals surface area (Å²) < 4.78 is 0. The van der Waals surface area contributed by atoms with Gasteiger partial charge in [-0.05, 0) is 38.0 Å². The zero-order valence-electron chi connectivity index (χ0n) is 13.1. The van der Waals surface area contributed by atoms with Gasteiger partial charge >= 0.3 is 5.97 Å². The summed E-state index contributed by atoms with van der Waals surface area (Å²) >= 11 is 0. The highest BCUT2D eigenvalue weighted by Crippen LogP contribution is 2.23. The van der Waals surface area contributed by atoms with E-state index in [9.17, 15) is 14.4 Å². The minimum absolute atomic E-state index is 0.0122. The van der Waals surface area contributed by atoms with Crippen LogP contribution in [0, 0.1) is 0 Å². The number of amides is 2. The van der Waals surface area contributed by atoms with Crippen molar-refractivity contribution in [3.63, 3.8) is 0 Å². The third-order valence-electron chi connectivity index (χ3n) is 3.66. The van der Waals surface area contributed by atoms with E-state index in [1.54, 1.807) is 6.07 Å². The zero-order valence-corrected chi connectivity index (χ0v) is 13.1. The van der Waals surface area contributed by atoms with Gasteiger partial charge in [0.05, 0.1) is 23.5 Å². The van der Waals surface area contributed by atoms with Crippen molar-refractivity contribution in [2.75, 3.05) is 30.3 Å². The molecule has 23 heavy (non-hydrogen) atoms. The van der Waals surface area contributed by atoms with E-state index in [0.29, 0.717) is 30.9 Å². The number of piperidine rings is 1. The molecule has 0 radical (unpaired) electrons. The van der Waals surface area contributed by atoms with Crippen LogP contribution in [0.15, 0.2) is 18.2 Å². The second-order valence-corrected chi connectivity index (χ2v) is 5.42. The van der Waals surface area contributed by atoms with Gasteiger partial charge in [-0.15, -0.1) is 0 Å². The van der Waals surface area contributed by atoms with Crippen molar-refractivity contribution in [1.29, 1.82) is 0 Å². The summed E-state index contributed by atoms with van der Waals surface area (Å²) in [5.74, 6) is -1.41. The molecule has 0 spiro atoms. The molecule has 3 N–H and O–H groups in total. The van der Waals surface area contributed by atoms with Gasteiger partial charge in [-0.2, -0.15) is 0 Å². The highest BCUT2D eigenvalue weighted by Gasteiger charge is 2.21. The molecule has 2 rings (SSSR count). The van der Waals surface area contributed by atoms with Crippen LogP contribution in [0.4, 0.5) is 11.4 Å². The molecule has 1 aliphatic rings. The van der Waals surface area contributed by atoms with Crippen molar-refractivity contribution in [3.05, 3.63) is 23.8 Å². The lowest BCUT2D eigenvalue weighted by Crippen LogP contribution is -2.40. The first kappa shape index (κ1) is 16.8. The Morgan fingerprint density at radius 3 is 2.70 bits per heavy atom. The number of carbonyl (C=O) groups is 3. The number of anilines is 2. The Kier molecular flexibility index (Phi) is 5.56. The molecule has 0 atom stereocenters. The second kappa shape index (κ2) is 7.62. The Bertz CT molecular complexity index is 615. The van der Waals surface area contributed by atoms with Crippen LogP contribution >= 0.6 is 0 Å². The van der Waals surface area contributed by atoms with Gasteiger partial charge in [0.1, 0.15) is 0 Å². The largest absolute Gasteiger partial charge is 0.478 e. The number of likely N-dealkylation sites (tertiary alicyclic amines) is 1. The number of carboxylic acids is 1. The van der Waals surface area contributed by atoms with Gasteiger partial charge in [0.2, 0.25) is 11.8 Å². The molecular weight excluding hydrogens is 298 g/mol. The topological polar surface area (TPSA) is 98.7 Å². The molecule has 0 aliphatic carbocycles. The molecule has 1 saturated heterocycles. The number of aromatic carboxylic acids is 1. The fourth-order valence-corrected chi connectivity index (χ4v) is 2.52.